The lowest BCUT2D eigenvalue weighted by atomic mass is 9.62. The number of hydrogen-bond acceptors (Lipinski definition) is 3. The van der Waals surface area contributed by atoms with Crippen LogP contribution in [0.2, 0.25) is 0 Å². The second-order valence-corrected chi connectivity index (χ2v) is 5.92. The van der Waals surface area contributed by atoms with E-state index in [9.17, 15) is 10.2 Å². The van der Waals surface area contributed by atoms with Crippen LogP contribution in [0.5, 0.6) is 0 Å². The average molecular weight is 226 g/mol. The van der Waals surface area contributed by atoms with Crippen molar-refractivity contribution in [2.24, 2.45) is 11.3 Å². The summed E-state index contributed by atoms with van der Waals surface area (Å²) in [5.74, 6) is 0.290. The van der Waals surface area contributed by atoms with Crippen molar-refractivity contribution in [3.8, 4) is 0 Å². The van der Waals surface area contributed by atoms with Gasteiger partial charge in [0.1, 0.15) is 0 Å². The number of fused-ring (bicyclic) bond motifs is 2. The Labute approximate surface area is 97.1 Å². The zero-order valence-electron chi connectivity index (χ0n) is 10.3. The molecule has 1 aliphatic heterocycles. The van der Waals surface area contributed by atoms with Gasteiger partial charge in [0, 0.05) is 17.8 Å². The molecule has 0 amide bonds. The Bertz CT molecular complexity index is 280. The van der Waals surface area contributed by atoms with Crippen LogP contribution in [-0.2, 0) is 4.74 Å². The largest absolute Gasteiger partial charge is 0.393 e. The highest BCUT2D eigenvalue weighted by atomic mass is 16.5. The van der Waals surface area contributed by atoms with E-state index in [4.69, 9.17) is 4.74 Å². The lowest BCUT2D eigenvalue weighted by Crippen LogP contribution is -2.45. The summed E-state index contributed by atoms with van der Waals surface area (Å²) in [7, 11) is 0. The summed E-state index contributed by atoms with van der Waals surface area (Å²) in [6, 6.07) is 0. The molecule has 2 fully saturated rings. The van der Waals surface area contributed by atoms with Crippen molar-refractivity contribution >= 4 is 0 Å². The molecule has 0 spiro atoms. The minimum atomic E-state index is -0.418. The zero-order valence-corrected chi connectivity index (χ0v) is 10.3. The predicted octanol–water partition coefficient (Wildman–Crippen LogP) is 1.49. The summed E-state index contributed by atoms with van der Waals surface area (Å²) in [6.07, 6.45) is 4.71. The fraction of sp³-hybridized carbons (Fsp3) is 0.846. The van der Waals surface area contributed by atoms with Crippen molar-refractivity contribution < 1.29 is 14.9 Å². The number of aliphatic hydroxyl groups is 2. The molecular formula is C13H22O3. The van der Waals surface area contributed by atoms with Gasteiger partial charge in [-0.05, 0) is 20.3 Å². The van der Waals surface area contributed by atoms with E-state index in [1.165, 1.54) is 0 Å². The molecule has 0 aromatic heterocycles. The smallest absolute Gasteiger partial charge is 0.0747 e. The maximum absolute atomic E-state index is 9.86. The molecule has 1 saturated carbocycles. The first kappa shape index (κ1) is 12.1. The van der Waals surface area contributed by atoms with E-state index >= 15 is 0 Å². The third-order valence-corrected chi connectivity index (χ3v) is 4.07. The van der Waals surface area contributed by atoms with Crippen LogP contribution in [0.1, 0.15) is 33.6 Å². The first-order chi connectivity index (χ1) is 7.36. The first-order valence-electron chi connectivity index (χ1n) is 6.04. The summed E-state index contributed by atoms with van der Waals surface area (Å²) in [4.78, 5) is 0. The van der Waals surface area contributed by atoms with Gasteiger partial charge in [-0.3, -0.25) is 0 Å². The highest BCUT2D eigenvalue weighted by molar-refractivity contribution is 5.14. The monoisotopic (exact) mass is 226 g/mol. The molecule has 0 unspecified atom stereocenters. The maximum Gasteiger partial charge on any atom is 0.0747 e. The third-order valence-electron chi connectivity index (χ3n) is 4.07. The standard InChI is InChI=1S/C13H22O3/c1-9(14)4-5-11-12(2)6-10(15)7-13(11,3)16-8-12/h4-5,9-11,14-15H,6-8H2,1-3H3/b5-4+/t9-,10+,11-,12+,13+/m1/s1. The van der Waals surface area contributed by atoms with Gasteiger partial charge in [-0.1, -0.05) is 19.1 Å². The second kappa shape index (κ2) is 3.83. The van der Waals surface area contributed by atoms with Gasteiger partial charge in [0.25, 0.3) is 0 Å². The lowest BCUT2D eigenvalue weighted by molar-refractivity contribution is -0.0446. The summed E-state index contributed by atoms with van der Waals surface area (Å²) in [6.45, 7) is 6.69. The van der Waals surface area contributed by atoms with Crippen LogP contribution in [0.25, 0.3) is 0 Å². The molecule has 1 aliphatic carbocycles. The molecule has 92 valence electrons. The Morgan fingerprint density at radius 3 is 2.62 bits per heavy atom. The summed E-state index contributed by atoms with van der Waals surface area (Å²) in [5.41, 5.74) is -0.254. The van der Waals surface area contributed by atoms with Crippen molar-refractivity contribution in [2.45, 2.75) is 51.4 Å². The van der Waals surface area contributed by atoms with Crippen LogP contribution in [-0.4, -0.2) is 34.6 Å². The van der Waals surface area contributed by atoms with Gasteiger partial charge in [0.2, 0.25) is 0 Å². The fourth-order valence-electron chi connectivity index (χ4n) is 3.40. The highest BCUT2D eigenvalue weighted by Gasteiger charge is 2.57. The number of ether oxygens (including phenoxy) is 1. The van der Waals surface area contributed by atoms with Crippen LogP contribution in [0.4, 0.5) is 0 Å². The number of aliphatic hydroxyl groups excluding tert-OH is 2. The van der Waals surface area contributed by atoms with Gasteiger partial charge in [-0.2, -0.15) is 0 Å². The first-order valence-corrected chi connectivity index (χ1v) is 6.04. The van der Waals surface area contributed by atoms with E-state index in [1.807, 2.05) is 6.08 Å². The van der Waals surface area contributed by atoms with Crippen LogP contribution in [0.15, 0.2) is 12.2 Å². The Morgan fingerprint density at radius 1 is 1.38 bits per heavy atom. The summed E-state index contributed by atoms with van der Waals surface area (Å²) >= 11 is 0. The van der Waals surface area contributed by atoms with E-state index in [0.29, 0.717) is 13.0 Å². The molecule has 2 rings (SSSR count). The van der Waals surface area contributed by atoms with E-state index in [-0.39, 0.29) is 23.0 Å². The van der Waals surface area contributed by atoms with Crippen molar-refractivity contribution in [1.29, 1.82) is 0 Å². The summed E-state index contributed by atoms with van der Waals surface area (Å²) in [5, 5.41) is 19.2. The average Bonchev–Trinajstić information content (AvgIpc) is 2.27. The second-order valence-electron chi connectivity index (χ2n) is 5.92. The van der Waals surface area contributed by atoms with Crippen molar-refractivity contribution in [1.82, 2.24) is 0 Å². The van der Waals surface area contributed by atoms with Crippen molar-refractivity contribution in [2.75, 3.05) is 6.61 Å². The molecule has 0 radical (unpaired) electrons. The fourth-order valence-corrected chi connectivity index (χ4v) is 3.40. The van der Waals surface area contributed by atoms with Gasteiger partial charge >= 0.3 is 0 Å². The van der Waals surface area contributed by atoms with Crippen LogP contribution in [0, 0.1) is 11.3 Å². The number of rotatable bonds is 2. The highest BCUT2D eigenvalue weighted by Crippen LogP contribution is 2.54. The Hall–Kier alpha value is -0.380. The Kier molecular flexibility index (Phi) is 2.89. The van der Waals surface area contributed by atoms with E-state index in [2.05, 4.69) is 19.9 Å². The minimum absolute atomic E-state index is 0.0117. The minimum Gasteiger partial charge on any atom is -0.393 e. The predicted molar refractivity (Wildman–Crippen MR) is 62.0 cm³/mol. The normalized spacial score (nSPS) is 49.8. The topological polar surface area (TPSA) is 49.7 Å². The van der Waals surface area contributed by atoms with Crippen LogP contribution < -0.4 is 0 Å². The molecule has 0 aromatic carbocycles. The van der Waals surface area contributed by atoms with Gasteiger partial charge in [0.05, 0.1) is 24.4 Å². The molecule has 1 saturated heterocycles. The molecular weight excluding hydrogens is 204 g/mol. The molecule has 2 bridgehead atoms. The third kappa shape index (κ3) is 1.92. The molecule has 3 heteroatoms. The molecule has 3 nitrogen and oxygen atoms in total. The van der Waals surface area contributed by atoms with Gasteiger partial charge in [-0.15, -0.1) is 0 Å². The lowest BCUT2D eigenvalue weighted by Gasteiger charge is -2.42. The van der Waals surface area contributed by atoms with E-state index in [0.717, 1.165) is 6.42 Å². The molecule has 0 aromatic rings. The van der Waals surface area contributed by atoms with Crippen LogP contribution >= 0.6 is 0 Å². The van der Waals surface area contributed by atoms with Crippen molar-refractivity contribution in [3.63, 3.8) is 0 Å². The summed E-state index contributed by atoms with van der Waals surface area (Å²) < 4.78 is 5.89. The molecule has 16 heavy (non-hydrogen) atoms. The van der Waals surface area contributed by atoms with Crippen molar-refractivity contribution in [3.05, 3.63) is 12.2 Å². The molecule has 2 N–H and O–H groups in total. The SMILES string of the molecule is C[C@@H](O)/C=C/[C@@H]1[C@]2(C)CO[C@@]1(C)C[C@@H](O)C2. The van der Waals surface area contributed by atoms with Gasteiger partial charge < -0.3 is 14.9 Å². The maximum atomic E-state index is 9.86. The Balaban J connectivity index is 2.24. The van der Waals surface area contributed by atoms with E-state index in [1.54, 1.807) is 6.92 Å². The number of hydrogen-bond donors (Lipinski definition) is 2. The molecule has 5 atom stereocenters. The Morgan fingerprint density at radius 2 is 2.06 bits per heavy atom. The van der Waals surface area contributed by atoms with Crippen LogP contribution in [0.3, 0.4) is 0 Å². The quantitative estimate of drug-likeness (QED) is 0.701. The van der Waals surface area contributed by atoms with Gasteiger partial charge in [-0.25, -0.2) is 0 Å². The van der Waals surface area contributed by atoms with Gasteiger partial charge in [0.15, 0.2) is 0 Å². The molecule has 1 heterocycles. The molecule has 2 aliphatic rings. The van der Waals surface area contributed by atoms with E-state index < -0.39 is 6.10 Å². The zero-order chi connectivity index (χ0) is 12.0.